The number of rotatable bonds is 7. The highest BCUT2D eigenvalue weighted by atomic mass is 32.2. The van der Waals surface area contributed by atoms with Crippen molar-refractivity contribution < 1.29 is 22.1 Å². The first-order chi connectivity index (χ1) is 16.4. The third kappa shape index (κ3) is 4.89. The molecule has 0 radical (unpaired) electrons. The lowest BCUT2D eigenvalue weighted by atomic mass is 10.1. The minimum Gasteiger partial charge on any atom is -0.461 e. The molecule has 172 valence electrons. The average molecular weight is 477 g/mol. The Bertz CT molecular complexity index is 1470. The van der Waals surface area contributed by atoms with Crippen molar-refractivity contribution in [2.24, 2.45) is 0 Å². The molecule has 0 saturated carbocycles. The molecule has 0 spiro atoms. The number of ether oxygens (including phenoxy) is 1. The van der Waals surface area contributed by atoms with Gasteiger partial charge in [-0.05, 0) is 42.3 Å². The van der Waals surface area contributed by atoms with Gasteiger partial charge in [0.1, 0.15) is 4.90 Å². The van der Waals surface area contributed by atoms with Gasteiger partial charge in [-0.2, -0.15) is 18.2 Å². The first kappa shape index (κ1) is 22.9. The minimum atomic E-state index is -4.37. The van der Waals surface area contributed by atoms with Gasteiger partial charge in [-0.15, -0.1) is 0 Å². The van der Waals surface area contributed by atoms with Crippen LogP contribution in [0.15, 0.2) is 101 Å². The second-order valence-electron chi connectivity index (χ2n) is 7.09. The Labute approximate surface area is 196 Å². The van der Waals surface area contributed by atoms with Crippen LogP contribution in [-0.2, 0) is 14.9 Å². The van der Waals surface area contributed by atoms with Crippen LogP contribution >= 0.6 is 0 Å². The van der Waals surface area contributed by atoms with Gasteiger partial charge in [0.05, 0.1) is 18.4 Å². The van der Waals surface area contributed by atoms with Gasteiger partial charge in [-0.1, -0.05) is 60.7 Å². The van der Waals surface area contributed by atoms with Crippen molar-refractivity contribution in [3.63, 3.8) is 0 Å². The molecule has 0 atom stereocenters. The van der Waals surface area contributed by atoms with Crippen LogP contribution in [0.25, 0.3) is 16.8 Å². The summed E-state index contributed by atoms with van der Waals surface area (Å²) >= 11 is 0. The smallest absolute Gasteiger partial charge is 0.362 e. The van der Waals surface area contributed by atoms with Crippen molar-refractivity contribution in [1.82, 2.24) is 9.78 Å². The molecule has 1 aromatic heterocycles. The average Bonchev–Trinajstić information content (AvgIpc) is 2.85. The molecule has 9 heteroatoms. The topological polar surface area (TPSA) is 105 Å². The van der Waals surface area contributed by atoms with Gasteiger partial charge in [-0.3, -0.25) is 4.79 Å². The second-order valence-corrected chi connectivity index (χ2v) is 8.64. The summed E-state index contributed by atoms with van der Waals surface area (Å²) in [6.07, 6.45) is 0. The minimum absolute atomic E-state index is 0.0259. The molecular weight excluding hydrogens is 456 g/mol. The van der Waals surface area contributed by atoms with Crippen molar-refractivity contribution >= 4 is 16.1 Å². The summed E-state index contributed by atoms with van der Waals surface area (Å²) < 4.78 is 37.0. The highest BCUT2D eigenvalue weighted by Gasteiger charge is 2.25. The van der Waals surface area contributed by atoms with Gasteiger partial charge in [0.2, 0.25) is 5.69 Å². The molecule has 8 nitrogen and oxygen atoms in total. The molecule has 34 heavy (non-hydrogen) atoms. The Kier molecular flexibility index (Phi) is 6.55. The number of para-hydroxylation sites is 1. The second kappa shape index (κ2) is 9.72. The molecule has 0 amide bonds. The van der Waals surface area contributed by atoms with Crippen LogP contribution in [0.2, 0.25) is 0 Å². The molecular formula is C25H20N2O6S. The van der Waals surface area contributed by atoms with Crippen LogP contribution < -0.4 is 9.74 Å². The summed E-state index contributed by atoms with van der Waals surface area (Å²) in [5.74, 6) is -1.43. The van der Waals surface area contributed by atoms with Crippen molar-refractivity contribution in [3.8, 4) is 22.6 Å². The number of aromatic nitrogens is 2. The lowest BCUT2D eigenvalue weighted by Gasteiger charge is -2.13. The van der Waals surface area contributed by atoms with Crippen LogP contribution in [0.1, 0.15) is 17.4 Å². The Morgan fingerprint density at radius 1 is 0.882 bits per heavy atom. The monoisotopic (exact) mass is 476 g/mol. The van der Waals surface area contributed by atoms with Crippen molar-refractivity contribution in [2.45, 2.75) is 11.8 Å². The summed E-state index contributed by atoms with van der Waals surface area (Å²) in [4.78, 5) is 25.0. The zero-order valence-electron chi connectivity index (χ0n) is 18.1. The maximum atomic E-state index is 12.9. The molecule has 0 fully saturated rings. The van der Waals surface area contributed by atoms with Gasteiger partial charge < -0.3 is 8.92 Å². The van der Waals surface area contributed by atoms with Crippen molar-refractivity contribution in [1.29, 1.82) is 0 Å². The molecule has 0 aliphatic carbocycles. The van der Waals surface area contributed by atoms with E-state index in [1.54, 1.807) is 49.4 Å². The van der Waals surface area contributed by atoms with Crippen LogP contribution in [0.3, 0.4) is 0 Å². The summed E-state index contributed by atoms with van der Waals surface area (Å²) in [6.45, 7) is 1.62. The van der Waals surface area contributed by atoms with Crippen LogP contribution in [-0.4, -0.2) is 30.8 Å². The van der Waals surface area contributed by atoms with E-state index >= 15 is 0 Å². The Balaban J connectivity index is 1.71. The molecule has 0 N–H and O–H groups in total. The number of carbonyl (C=O) groups excluding carboxylic acids is 1. The highest BCUT2D eigenvalue weighted by molar-refractivity contribution is 7.87. The van der Waals surface area contributed by atoms with Gasteiger partial charge in [-0.25, -0.2) is 4.79 Å². The number of hydrogen-bond acceptors (Lipinski definition) is 7. The maximum absolute atomic E-state index is 12.9. The number of nitrogens with zero attached hydrogens (tertiary/aromatic N) is 2. The van der Waals surface area contributed by atoms with E-state index in [0.29, 0.717) is 5.69 Å². The standard InChI is InChI=1S/C25H20N2O6S/c1-2-32-25(29)24-22(17-23(28)27(26-24)20-11-7-4-8-12-20)33-34(30,31)21-15-13-19(14-16-21)18-9-5-3-6-10-18/h3-17H,2H2,1H3. The summed E-state index contributed by atoms with van der Waals surface area (Å²) in [6, 6.07) is 24.8. The quantitative estimate of drug-likeness (QED) is 0.295. The maximum Gasteiger partial charge on any atom is 0.362 e. The first-order valence-corrected chi connectivity index (χ1v) is 11.8. The summed E-state index contributed by atoms with van der Waals surface area (Å²) in [7, 11) is -4.37. The zero-order valence-corrected chi connectivity index (χ0v) is 18.9. The number of esters is 1. The summed E-state index contributed by atoms with van der Waals surface area (Å²) in [5.41, 5.74) is 1.02. The predicted molar refractivity (Wildman–Crippen MR) is 125 cm³/mol. The van der Waals surface area contributed by atoms with E-state index in [-0.39, 0.29) is 11.5 Å². The fourth-order valence-corrected chi connectivity index (χ4v) is 4.14. The number of hydrogen-bond donors (Lipinski definition) is 0. The predicted octanol–water partition coefficient (Wildman–Crippen LogP) is 3.84. The third-order valence-electron chi connectivity index (χ3n) is 4.82. The molecule has 3 aromatic carbocycles. The van der Waals surface area contributed by atoms with Crippen LogP contribution in [0.5, 0.6) is 5.75 Å². The molecule has 0 saturated heterocycles. The van der Waals surface area contributed by atoms with Crippen molar-refractivity contribution in [3.05, 3.63) is 107 Å². The highest BCUT2D eigenvalue weighted by Crippen LogP contribution is 2.25. The van der Waals surface area contributed by atoms with E-state index < -0.39 is 33.1 Å². The molecule has 4 aromatic rings. The van der Waals surface area contributed by atoms with E-state index in [9.17, 15) is 18.0 Å². The van der Waals surface area contributed by atoms with E-state index in [1.165, 1.54) is 12.1 Å². The Morgan fingerprint density at radius 2 is 1.47 bits per heavy atom. The van der Waals surface area contributed by atoms with E-state index in [1.807, 2.05) is 30.3 Å². The van der Waals surface area contributed by atoms with E-state index in [4.69, 9.17) is 8.92 Å². The normalized spacial score (nSPS) is 11.1. The number of carbonyl (C=O) groups is 1. The van der Waals surface area contributed by atoms with Gasteiger partial charge >= 0.3 is 16.1 Å². The van der Waals surface area contributed by atoms with Crippen molar-refractivity contribution in [2.75, 3.05) is 6.61 Å². The fraction of sp³-hybridized carbons (Fsp3) is 0.0800. The van der Waals surface area contributed by atoms with Gasteiger partial charge in [0.25, 0.3) is 5.56 Å². The molecule has 1 heterocycles. The third-order valence-corrected chi connectivity index (χ3v) is 6.06. The van der Waals surface area contributed by atoms with Crippen LogP contribution in [0.4, 0.5) is 0 Å². The molecule has 0 aliphatic heterocycles. The number of benzene rings is 3. The van der Waals surface area contributed by atoms with E-state index in [2.05, 4.69) is 5.10 Å². The largest absolute Gasteiger partial charge is 0.461 e. The lowest BCUT2D eigenvalue weighted by Crippen LogP contribution is -2.26. The van der Waals surface area contributed by atoms with Gasteiger partial charge in [0, 0.05) is 0 Å². The molecule has 4 rings (SSSR count). The Hall–Kier alpha value is -4.24. The zero-order chi connectivity index (χ0) is 24.1. The summed E-state index contributed by atoms with van der Waals surface area (Å²) in [5, 5.41) is 4.03. The molecule has 0 unspecified atom stereocenters. The molecule has 0 aliphatic rings. The van der Waals surface area contributed by atoms with E-state index in [0.717, 1.165) is 21.9 Å². The van der Waals surface area contributed by atoms with Crippen LogP contribution in [0, 0.1) is 0 Å². The fourth-order valence-electron chi connectivity index (χ4n) is 3.21. The first-order valence-electron chi connectivity index (χ1n) is 10.4. The SMILES string of the molecule is CCOC(=O)c1nn(-c2ccccc2)c(=O)cc1OS(=O)(=O)c1ccc(-c2ccccc2)cc1. The lowest BCUT2D eigenvalue weighted by molar-refractivity contribution is 0.0515. The van der Waals surface area contributed by atoms with Gasteiger partial charge in [0.15, 0.2) is 5.75 Å². The Morgan fingerprint density at radius 3 is 2.09 bits per heavy atom. The molecule has 0 bridgehead atoms.